The summed E-state index contributed by atoms with van der Waals surface area (Å²) in [5, 5.41) is 13.6. The normalized spacial score (nSPS) is 17.2. The van der Waals surface area contributed by atoms with Gasteiger partial charge in [0.25, 0.3) is 0 Å². The lowest BCUT2D eigenvalue weighted by atomic mass is 9.76. The van der Waals surface area contributed by atoms with Crippen LogP contribution in [0.25, 0.3) is 21.5 Å². The number of carbonyl (C=O) groups is 2. The highest BCUT2D eigenvalue weighted by Crippen LogP contribution is 2.60. The summed E-state index contributed by atoms with van der Waals surface area (Å²) in [6, 6.07) is 5.44. The third kappa shape index (κ3) is 3.15. The van der Waals surface area contributed by atoms with Gasteiger partial charge in [0.2, 0.25) is 5.88 Å². The first-order valence-corrected chi connectivity index (χ1v) is 12.9. The quantitative estimate of drug-likeness (QED) is 0.332. The van der Waals surface area contributed by atoms with Gasteiger partial charge < -0.3 is 33.5 Å². The lowest BCUT2D eigenvalue weighted by molar-refractivity contribution is 0.0791. The molecule has 10 nitrogen and oxygen atoms in total. The molecule has 4 aromatic rings. The summed E-state index contributed by atoms with van der Waals surface area (Å²) in [5.74, 6) is 0.0360. The molecule has 0 saturated carbocycles. The first-order valence-electron chi connectivity index (χ1n) is 12.9. The number of aromatic hydroxyl groups is 1. The number of fused-ring (bicyclic) bond motifs is 5. The van der Waals surface area contributed by atoms with Crippen molar-refractivity contribution in [3.8, 4) is 40.4 Å². The molecule has 0 saturated heterocycles. The zero-order chi connectivity index (χ0) is 29.4. The molecule has 0 fully saturated rings. The van der Waals surface area contributed by atoms with Crippen LogP contribution in [0, 0.1) is 6.92 Å². The lowest BCUT2D eigenvalue weighted by Gasteiger charge is -2.24. The molecule has 10 heteroatoms. The highest BCUT2D eigenvalue weighted by Gasteiger charge is 2.61. The van der Waals surface area contributed by atoms with Crippen molar-refractivity contribution in [2.24, 2.45) is 0 Å². The average Bonchev–Trinajstić information content (AvgIpc) is 3.46. The van der Waals surface area contributed by atoms with Gasteiger partial charge in [0.15, 0.2) is 23.1 Å². The van der Waals surface area contributed by atoms with Crippen LogP contribution in [0.1, 0.15) is 44.0 Å². The van der Waals surface area contributed by atoms with Gasteiger partial charge >= 0.3 is 0 Å². The molecule has 0 bridgehead atoms. The number of phenolic OH excluding ortho intramolecular Hbond substituents is 1. The number of rotatable bonds is 6. The number of nitrogens with zero attached hydrogens (tertiary/aromatic N) is 1. The van der Waals surface area contributed by atoms with Crippen molar-refractivity contribution < 1.29 is 43.1 Å². The average molecular weight is 560 g/mol. The van der Waals surface area contributed by atoms with Gasteiger partial charge in [0.05, 0.1) is 69.9 Å². The van der Waals surface area contributed by atoms with Gasteiger partial charge in [-0.05, 0) is 36.8 Å². The van der Waals surface area contributed by atoms with Crippen LogP contribution >= 0.6 is 0 Å². The Labute approximate surface area is 235 Å². The molecule has 6 rings (SSSR count). The monoisotopic (exact) mass is 559 g/mol. The number of hydrogen-bond donors (Lipinski definition) is 1. The van der Waals surface area contributed by atoms with Crippen LogP contribution in [0.2, 0.25) is 0 Å². The van der Waals surface area contributed by atoms with E-state index in [1.54, 1.807) is 6.07 Å². The molecule has 1 heterocycles. The Morgan fingerprint density at radius 2 is 1.39 bits per heavy atom. The van der Waals surface area contributed by atoms with Gasteiger partial charge in [-0.3, -0.25) is 9.59 Å². The Bertz CT molecular complexity index is 1830. The standard InChI is InChI=1S/C31H29NO9/c1-13-10-15-11-14-8-9-31(23(14)27(40-6)18(15)30(32-13)41-7)28(34)21-22(29(31)35)26(39-5)19-16(36-2)12-17(37-3)25(38-4)20(19)24(21)33/h10-12,33H,8-9H2,1-7H3/t31-/m0/s1. The van der Waals surface area contributed by atoms with E-state index in [1.165, 1.54) is 42.7 Å². The summed E-state index contributed by atoms with van der Waals surface area (Å²) >= 11 is 0. The molecule has 2 aliphatic carbocycles. The van der Waals surface area contributed by atoms with Crippen molar-refractivity contribution in [1.82, 2.24) is 4.98 Å². The largest absolute Gasteiger partial charge is 0.506 e. The van der Waals surface area contributed by atoms with Crippen molar-refractivity contribution in [3.63, 3.8) is 0 Å². The molecular weight excluding hydrogens is 530 g/mol. The topological polar surface area (TPSA) is 123 Å². The third-order valence-corrected chi connectivity index (χ3v) is 8.31. The minimum absolute atomic E-state index is 0.0167. The maximum absolute atomic E-state index is 14.6. The van der Waals surface area contributed by atoms with Crippen LogP contribution in [0.4, 0.5) is 0 Å². The molecule has 0 unspecified atom stereocenters. The molecule has 1 N–H and O–H groups in total. The number of aryl methyl sites for hydroxylation is 2. The summed E-state index contributed by atoms with van der Waals surface area (Å²) in [5.41, 5.74) is 0.193. The van der Waals surface area contributed by atoms with Crippen molar-refractivity contribution in [2.45, 2.75) is 25.2 Å². The Kier molecular flexibility index (Phi) is 5.91. The van der Waals surface area contributed by atoms with Crippen LogP contribution in [0.3, 0.4) is 0 Å². The minimum Gasteiger partial charge on any atom is -0.506 e. The van der Waals surface area contributed by atoms with E-state index in [9.17, 15) is 14.7 Å². The van der Waals surface area contributed by atoms with Crippen molar-refractivity contribution in [1.29, 1.82) is 0 Å². The predicted octanol–water partition coefficient (Wildman–Crippen LogP) is 4.72. The smallest absolute Gasteiger partial charge is 0.225 e. The number of hydrogen-bond acceptors (Lipinski definition) is 10. The summed E-state index contributed by atoms with van der Waals surface area (Å²) in [4.78, 5) is 33.8. The van der Waals surface area contributed by atoms with E-state index in [1.807, 2.05) is 19.1 Å². The second-order valence-corrected chi connectivity index (χ2v) is 10.1. The molecule has 3 aromatic carbocycles. The molecule has 41 heavy (non-hydrogen) atoms. The van der Waals surface area contributed by atoms with E-state index in [-0.39, 0.29) is 51.3 Å². The molecule has 1 aromatic heterocycles. The Morgan fingerprint density at radius 1 is 0.732 bits per heavy atom. The number of pyridine rings is 1. The minimum atomic E-state index is -1.65. The molecule has 0 amide bonds. The SMILES string of the molecule is COc1cc(OC)c2c(OC)c3c(c(O)c2c1OC)C(=O)[C@@]1(CCc2cc4cc(C)nc(OC)c4c(OC)c21)C3=O. The summed E-state index contributed by atoms with van der Waals surface area (Å²) in [6.07, 6.45) is 0.631. The first-order chi connectivity index (χ1) is 19.7. The van der Waals surface area contributed by atoms with E-state index in [4.69, 9.17) is 28.4 Å². The van der Waals surface area contributed by atoms with Crippen molar-refractivity contribution in [2.75, 3.05) is 42.7 Å². The second-order valence-electron chi connectivity index (χ2n) is 10.1. The van der Waals surface area contributed by atoms with Crippen molar-refractivity contribution in [3.05, 3.63) is 46.1 Å². The number of methoxy groups -OCH3 is 6. The van der Waals surface area contributed by atoms with Gasteiger partial charge in [0, 0.05) is 17.3 Å². The maximum Gasteiger partial charge on any atom is 0.225 e. The molecule has 212 valence electrons. The summed E-state index contributed by atoms with van der Waals surface area (Å²) < 4.78 is 34.0. The van der Waals surface area contributed by atoms with Crippen LogP contribution in [0.5, 0.6) is 40.4 Å². The Morgan fingerprint density at radius 3 is 2.00 bits per heavy atom. The highest BCUT2D eigenvalue weighted by molar-refractivity contribution is 6.38. The second kappa shape index (κ2) is 9.15. The number of Topliss-reactive ketones (excluding diaryl/α,β-unsaturated/α-hetero) is 2. The van der Waals surface area contributed by atoms with E-state index >= 15 is 0 Å². The first kappa shape index (κ1) is 26.5. The Hall–Kier alpha value is -4.73. The zero-order valence-corrected chi connectivity index (χ0v) is 23.8. The van der Waals surface area contributed by atoms with Gasteiger partial charge in [-0.25, -0.2) is 4.98 Å². The molecule has 1 spiro atoms. The number of ketones is 2. The maximum atomic E-state index is 14.6. The van der Waals surface area contributed by atoms with Crippen LogP contribution in [-0.2, 0) is 11.8 Å². The third-order valence-electron chi connectivity index (χ3n) is 8.31. The number of benzene rings is 3. The fraction of sp³-hybridized carbons (Fsp3) is 0.323. The summed E-state index contributed by atoms with van der Waals surface area (Å²) in [6.45, 7) is 1.86. The highest BCUT2D eigenvalue weighted by atomic mass is 16.5. The molecule has 2 aliphatic rings. The molecule has 0 aliphatic heterocycles. The van der Waals surface area contributed by atoms with Gasteiger partial charge in [-0.2, -0.15) is 0 Å². The van der Waals surface area contributed by atoms with Gasteiger partial charge in [-0.15, -0.1) is 0 Å². The summed E-state index contributed by atoms with van der Waals surface area (Å²) in [7, 11) is 8.72. The number of carbonyl (C=O) groups excluding carboxylic acids is 2. The van der Waals surface area contributed by atoms with Crippen LogP contribution in [-0.4, -0.2) is 64.3 Å². The number of phenols is 1. The lowest BCUT2D eigenvalue weighted by Crippen LogP contribution is -2.36. The molecular formula is C31H29NO9. The predicted molar refractivity (Wildman–Crippen MR) is 150 cm³/mol. The van der Waals surface area contributed by atoms with E-state index < -0.39 is 22.7 Å². The number of ether oxygens (including phenoxy) is 6. The van der Waals surface area contributed by atoms with E-state index in [0.717, 1.165) is 16.6 Å². The van der Waals surface area contributed by atoms with Gasteiger partial charge in [-0.1, -0.05) is 6.07 Å². The van der Waals surface area contributed by atoms with Gasteiger partial charge in [0.1, 0.15) is 28.4 Å². The molecule has 0 radical (unpaired) electrons. The van der Waals surface area contributed by atoms with Crippen LogP contribution in [0.15, 0.2) is 18.2 Å². The van der Waals surface area contributed by atoms with Crippen molar-refractivity contribution >= 4 is 33.1 Å². The fourth-order valence-electron chi connectivity index (χ4n) is 6.70. The zero-order valence-electron chi connectivity index (χ0n) is 23.8. The Balaban J connectivity index is 1.74. The van der Waals surface area contributed by atoms with E-state index in [2.05, 4.69) is 4.98 Å². The fourth-order valence-corrected chi connectivity index (χ4v) is 6.70. The van der Waals surface area contributed by atoms with E-state index in [0.29, 0.717) is 29.0 Å². The molecule has 1 atom stereocenters. The van der Waals surface area contributed by atoms with Crippen LogP contribution < -0.4 is 28.4 Å². The number of aromatic nitrogens is 1.